The first kappa shape index (κ1) is 9.51. The normalized spacial score (nSPS) is 10.2. The summed E-state index contributed by atoms with van der Waals surface area (Å²) in [6.07, 6.45) is 3.24. The molecule has 15 heavy (non-hydrogen) atoms. The van der Waals surface area contributed by atoms with Crippen LogP contribution in [0.15, 0.2) is 30.9 Å². The van der Waals surface area contributed by atoms with Crippen LogP contribution in [0.25, 0.3) is 5.69 Å². The summed E-state index contributed by atoms with van der Waals surface area (Å²) in [5.41, 5.74) is 7.25. The number of nitrogen functional groups attached to an aromatic ring is 1. The summed E-state index contributed by atoms with van der Waals surface area (Å²) in [7, 11) is 0. The molecular weight excluding hydrogens is 192 g/mol. The van der Waals surface area contributed by atoms with Crippen molar-refractivity contribution >= 4 is 5.69 Å². The van der Waals surface area contributed by atoms with Gasteiger partial charge < -0.3 is 10.5 Å². The lowest BCUT2D eigenvalue weighted by Crippen LogP contribution is -2.00. The molecule has 0 aliphatic heterocycles. The van der Waals surface area contributed by atoms with Crippen LogP contribution in [0.4, 0.5) is 5.69 Å². The van der Waals surface area contributed by atoms with E-state index >= 15 is 0 Å². The first-order chi connectivity index (χ1) is 7.31. The summed E-state index contributed by atoms with van der Waals surface area (Å²) in [6.45, 7) is 2.53. The molecule has 0 spiro atoms. The van der Waals surface area contributed by atoms with Gasteiger partial charge in [-0.05, 0) is 19.1 Å². The summed E-state index contributed by atoms with van der Waals surface area (Å²) in [4.78, 5) is 0. The highest BCUT2D eigenvalue weighted by Crippen LogP contribution is 2.25. The standard InChI is InChI=1S/C10H12N4O/c1-2-15-10-5-8(11)3-4-9(10)14-6-12-13-7-14/h3-7H,2,11H2,1H3. The van der Waals surface area contributed by atoms with Crippen molar-refractivity contribution < 1.29 is 4.74 Å². The zero-order valence-electron chi connectivity index (χ0n) is 8.42. The molecule has 0 aliphatic carbocycles. The minimum absolute atomic E-state index is 0.596. The molecule has 1 aromatic heterocycles. The molecule has 0 bridgehead atoms. The SMILES string of the molecule is CCOc1cc(N)ccc1-n1cnnc1. The number of hydrogen-bond donors (Lipinski definition) is 1. The molecule has 78 valence electrons. The highest BCUT2D eigenvalue weighted by Gasteiger charge is 2.05. The van der Waals surface area contributed by atoms with E-state index in [1.54, 1.807) is 23.3 Å². The zero-order chi connectivity index (χ0) is 10.7. The van der Waals surface area contributed by atoms with E-state index in [-0.39, 0.29) is 0 Å². The summed E-state index contributed by atoms with van der Waals surface area (Å²) in [5.74, 6) is 0.734. The average Bonchev–Trinajstić information content (AvgIpc) is 2.71. The van der Waals surface area contributed by atoms with Gasteiger partial charge in [-0.2, -0.15) is 0 Å². The van der Waals surface area contributed by atoms with Crippen LogP contribution >= 0.6 is 0 Å². The van der Waals surface area contributed by atoms with Crippen LogP contribution in [0.1, 0.15) is 6.92 Å². The number of aromatic nitrogens is 3. The predicted molar refractivity (Wildman–Crippen MR) is 56.9 cm³/mol. The number of anilines is 1. The lowest BCUT2D eigenvalue weighted by molar-refractivity contribution is 0.339. The monoisotopic (exact) mass is 204 g/mol. The van der Waals surface area contributed by atoms with E-state index in [0.29, 0.717) is 12.3 Å². The smallest absolute Gasteiger partial charge is 0.145 e. The summed E-state index contributed by atoms with van der Waals surface area (Å²) in [6, 6.07) is 5.49. The van der Waals surface area contributed by atoms with Gasteiger partial charge in [-0.15, -0.1) is 10.2 Å². The van der Waals surface area contributed by atoms with Gasteiger partial charge in [0.2, 0.25) is 0 Å². The van der Waals surface area contributed by atoms with Gasteiger partial charge in [0, 0.05) is 11.8 Å². The highest BCUT2D eigenvalue weighted by molar-refractivity contribution is 5.55. The molecule has 1 aromatic carbocycles. The van der Waals surface area contributed by atoms with E-state index in [2.05, 4.69) is 10.2 Å². The molecule has 0 saturated carbocycles. The molecule has 0 unspecified atom stereocenters. The molecule has 5 heteroatoms. The van der Waals surface area contributed by atoms with Crippen molar-refractivity contribution in [3.8, 4) is 11.4 Å². The Bertz CT molecular complexity index is 439. The summed E-state index contributed by atoms with van der Waals surface area (Å²) >= 11 is 0. The summed E-state index contributed by atoms with van der Waals surface area (Å²) < 4.78 is 7.27. The second kappa shape index (κ2) is 4.00. The van der Waals surface area contributed by atoms with Crippen molar-refractivity contribution in [1.82, 2.24) is 14.8 Å². The van der Waals surface area contributed by atoms with E-state index in [0.717, 1.165) is 11.4 Å². The molecule has 0 radical (unpaired) electrons. The van der Waals surface area contributed by atoms with E-state index in [4.69, 9.17) is 10.5 Å². The molecule has 2 rings (SSSR count). The van der Waals surface area contributed by atoms with E-state index in [1.165, 1.54) is 0 Å². The maximum absolute atomic E-state index is 5.69. The molecule has 1 heterocycles. The molecule has 2 N–H and O–H groups in total. The maximum Gasteiger partial charge on any atom is 0.145 e. The number of benzene rings is 1. The Kier molecular flexibility index (Phi) is 2.53. The van der Waals surface area contributed by atoms with Crippen LogP contribution in [0.5, 0.6) is 5.75 Å². The average molecular weight is 204 g/mol. The van der Waals surface area contributed by atoms with Crippen molar-refractivity contribution in [1.29, 1.82) is 0 Å². The third-order valence-electron chi connectivity index (χ3n) is 1.98. The number of rotatable bonds is 3. The fourth-order valence-corrected chi connectivity index (χ4v) is 1.34. The van der Waals surface area contributed by atoms with Crippen LogP contribution in [-0.4, -0.2) is 21.4 Å². The van der Waals surface area contributed by atoms with Crippen molar-refractivity contribution in [3.63, 3.8) is 0 Å². The predicted octanol–water partition coefficient (Wildman–Crippen LogP) is 1.25. The zero-order valence-corrected chi connectivity index (χ0v) is 8.42. The van der Waals surface area contributed by atoms with Gasteiger partial charge in [0.25, 0.3) is 0 Å². The lowest BCUT2D eigenvalue weighted by Gasteiger charge is -2.10. The Hall–Kier alpha value is -2.04. The second-order valence-electron chi connectivity index (χ2n) is 3.03. The van der Waals surface area contributed by atoms with Crippen LogP contribution < -0.4 is 10.5 Å². The molecule has 0 aliphatic rings. The van der Waals surface area contributed by atoms with E-state index in [9.17, 15) is 0 Å². The number of hydrogen-bond acceptors (Lipinski definition) is 4. The van der Waals surface area contributed by atoms with Gasteiger partial charge in [-0.3, -0.25) is 4.57 Å². The van der Waals surface area contributed by atoms with Gasteiger partial charge in [0.15, 0.2) is 0 Å². The van der Waals surface area contributed by atoms with Crippen molar-refractivity contribution in [2.75, 3.05) is 12.3 Å². The molecule has 0 amide bonds. The van der Waals surface area contributed by atoms with Crippen molar-refractivity contribution in [2.24, 2.45) is 0 Å². The van der Waals surface area contributed by atoms with Crippen molar-refractivity contribution in [3.05, 3.63) is 30.9 Å². The Morgan fingerprint density at radius 2 is 2.07 bits per heavy atom. The van der Waals surface area contributed by atoms with Gasteiger partial charge in [0.05, 0.1) is 12.3 Å². The minimum atomic E-state index is 0.596. The van der Waals surface area contributed by atoms with Crippen LogP contribution in [0.2, 0.25) is 0 Å². The summed E-state index contributed by atoms with van der Waals surface area (Å²) in [5, 5.41) is 7.50. The van der Waals surface area contributed by atoms with Gasteiger partial charge in [-0.1, -0.05) is 0 Å². The third-order valence-corrected chi connectivity index (χ3v) is 1.98. The fraction of sp³-hybridized carbons (Fsp3) is 0.200. The minimum Gasteiger partial charge on any atom is -0.492 e. The third kappa shape index (κ3) is 1.90. The Morgan fingerprint density at radius 3 is 2.73 bits per heavy atom. The lowest BCUT2D eigenvalue weighted by atomic mass is 10.2. The Morgan fingerprint density at radius 1 is 1.33 bits per heavy atom. The Balaban J connectivity index is 2.46. The molecule has 0 fully saturated rings. The number of nitrogens with zero attached hydrogens (tertiary/aromatic N) is 3. The van der Waals surface area contributed by atoms with E-state index < -0.39 is 0 Å². The molecule has 5 nitrogen and oxygen atoms in total. The van der Waals surface area contributed by atoms with Crippen molar-refractivity contribution in [2.45, 2.75) is 6.92 Å². The number of ether oxygens (including phenoxy) is 1. The van der Waals surface area contributed by atoms with E-state index in [1.807, 2.05) is 19.1 Å². The number of nitrogens with two attached hydrogens (primary N) is 1. The fourth-order valence-electron chi connectivity index (χ4n) is 1.34. The molecule has 0 atom stereocenters. The first-order valence-electron chi connectivity index (χ1n) is 4.68. The Labute approximate surface area is 87.5 Å². The first-order valence-corrected chi connectivity index (χ1v) is 4.68. The van der Waals surface area contributed by atoms with Crippen LogP contribution in [-0.2, 0) is 0 Å². The van der Waals surface area contributed by atoms with Gasteiger partial charge in [-0.25, -0.2) is 0 Å². The quantitative estimate of drug-likeness (QED) is 0.764. The maximum atomic E-state index is 5.69. The van der Waals surface area contributed by atoms with Crippen LogP contribution in [0.3, 0.4) is 0 Å². The topological polar surface area (TPSA) is 66.0 Å². The van der Waals surface area contributed by atoms with Crippen LogP contribution in [0, 0.1) is 0 Å². The molecule has 2 aromatic rings. The molecule has 0 saturated heterocycles. The van der Waals surface area contributed by atoms with Gasteiger partial charge >= 0.3 is 0 Å². The second-order valence-corrected chi connectivity index (χ2v) is 3.03. The largest absolute Gasteiger partial charge is 0.492 e. The van der Waals surface area contributed by atoms with Gasteiger partial charge in [0.1, 0.15) is 18.4 Å². The molecular formula is C10H12N4O. The highest BCUT2D eigenvalue weighted by atomic mass is 16.5.